The Hall–Kier alpha value is -2.36. The normalized spacial score (nSPS) is 15.8. The second kappa shape index (κ2) is 36.9. The molecular weight excluding hydrogens is 723 g/mol. The van der Waals surface area contributed by atoms with Crippen LogP contribution in [0.15, 0.2) is 85.1 Å². The van der Waals surface area contributed by atoms with Gasteiger partial charge in [0.1, 0.15) is 13.2 Å². The number of likely N-dealkylation sites (N-methyl/N-ethyl adjacent to an activating group) is 1. The van der Waals surface area contributed by atoms with Gasteiger partial charge in [0.25, 0.3) is 7.82 Å². The van der Waals surface area contributed by atoms with Crippen LogP contribution >= 0.6 is 7.82 Å². The van der Waals surface area contributed by atoms with Gasteiger partial charge in [-0.2, -0.15) is 0 Å². The summed E-state index contributed by atoms with van der Waals surface area (Å²) in [5, 5.41) is 23.9. The highest BCUT2D eigenvalue weighted by Crippen LogP contribution is 2.38. The van der Waals surface area contributed by atoms with Crippen molar-refractivity contribution in [1.82, 2.24) is 5.32 Å². The minimum atomic E-state index is -4.64. The van der Waals surface area contributed by atoms with Crippen molar-refractivity contribution >= 4 is 13.7 Å². The molecule has 10 heteroatoms. The van der Waals surface area contributed by atoms with E-state index in [0.29, 0.717) is 23.9 Å². The lowest BCUT2D eigenvalue weighted by atomic mass is 10.0. The first kappa shape index (κ1) is 53.6. The van der Waals surface area contributed by atoms with Gasteiger partial charge < -0.3 is 34.0 Å². The van der Waals surface area contributed by atoms with Crippen LogP contribution in [0.5, 0.6) is 0 Å². The third-order valence-corrected chi connectivity index (χ3v) is 9.92. The molecule has 9 nitrogen and oxygen atoms in total. The number of nitrogens with zero attached hydrogens (tertiary/aromatic N) is 1. The molecule has 56 heavy (non-hydrogen) atoms. The third-order valence-electron chi connectivity index (χ3n) is 8.95. The zero-order chi connectivity index (χ0) is 41.6. The molecule has 2 unspecified atom stereocenters. The molecule has 0 aliphatic heterocycles. The van der Waals surface area contributed by atoms with E-state index in [1.165, 1.54) is 64.2 Å². The van der Waals surface area contributed by atoms with Gasteiger partial charge >= 0.3 is 0 Å². The summed E-state index contributed by atoms with van der Waals surface area (Å²) in [4.78, 5) is 25.3. The van der Waals surface area contributed by atoms with Crippen molar-refractivity contribution in [2.75, 3.05) is 40.9 Å². The van der Waals surface area contributed by atoms with Crippen molar-refractivity contribution in [2.45, 2.75) is 161 Å². The summed E-state index contributed by atoms with van der Waals surface area (Å²) in [6, 6.07) is -0.973. The summed E-state index contributed by atoms with van der Waals surface area (Å²) in [5.41, 5.74) is 0. The lowest BCUT2D eigenvalue weighted by Gasteiger charge is -2.29. The van der Waals surface area contributed by atoms with Crippen LogP contribution in [0.1, 0.15) is 142 Å². The van der Waals surface area contributed by atoms with E-state index in [4.69, 9.17) is 9.05 Å². The Bertz CT molecular complexity index is 1200. The first-order valence-corrected chi connectivity index (χ1v) is 23.0. The van der Waals surface area contributed by atoms with Crippen LogP contribution < -0.4 is 10.2 Å². The van der Waals surface area contributed by atoms with Gasteiger partial charge in [-0.1, -0.05) is 170 Å². The van der Waals surface area contributed by atoms with Gasteiger partial charge in [0.15, 0.2) is 0 Å². The lowest BCUT2D eigenvalue weighted by molar-refractivity contribution is -0.870. The van der Waals surface area contributed by atoms with Crippen molar-refractivity contribution in [3.8, 4) is 0 Å². The molecule has 3 N–H and O–H groups in total. The topological polar surface area (TPSA) is 128 Å². The summed E-state index contributed by atoms with van der Waals surface area (Å²) in [6.45, 7) is 4.35. The summed E-state index contributed by atoms with van der Waals surface area (Å²) >= 11 is 0. The maximum absolute atomic E-state index is 12.8. The first-order chi connectivity index (χ1) is 26.9. The second-order valence-electron chi connectivity index (χ2n) is 15.5. The molecule has 0 bridgehead atoms. The molecule has 1 amide bonds. The Kier molecular flexibility index (Phi) is 35.4. The number of hydrogen-bond donors (Lipinski definition) is 3. The number of carbonyl (C=O) groups excluding carboxylic acids is 1. The quantitative estimate of drug-likeness (QED) is 0.0188. The van der Waals surface area contributed by atoms with Crippen molar-refractivity contribution in [3.05, 3.63) is 85.1 Å². The number of nitrogens with one attached hydrogen (secondary N) is 1. The van der Waals surface area contributed by atoms with E-state index in [1.807, 2.05) is 57.6 Å². The summed E-state index contributed by atoms with van der Waals surface area (Å²) in [5.74, 6) is -0.344. The van der Waals surface area contributed by atoms with Gasteiger partial charge in [-0.05, 0) is 51.4 Å². The van der Waals surface area contributed by atoms with Crippen LogP contribution in [-0.2, 0) is 18.4 Å². The summed E-state index contributed by atoms with van der Waals surface area (Å²) < 4.78 is 23.1. The van der Waals surface area contributed by atoms with Crippen molar-refractivity contribution < 1.29 is 38.0 Å². The van der Waals surface area contributed by atoms with Crippen LogP contribution in [-0.4, -0.2) is 79.8 Å². The Morgan fingerprint density at radius 3 is 1.86 bits per heavy atom. The zero-order valence-electron chi connectivity index (χ0n) is 35.9. The third kappa shape index (κ3) is 38.5. The number of phosphoric ester groups is 1. The number of rotatable bonds is 37. The van der Waals surface area contributed by atoms with E-state index in [0.717, 1.165) is 44.9 Å². The van der Waals surface area contributed by atoms with E-state index >= 15 is 0 Å². The largest absolute Gasteiger partial charge is 0.756 e. The second-order valence-corrected chi connectivity index (χ2v) is 16.9. The minimum absolute atomic E-state index is 0.0376. The molecule has 0 saturated heterocycles. The number of hydrogen-bond acceptors (Lipinski definition) is 7. The molecule has 0 aromatic carbocycles. The van der Waals surface area contributed by atoms with E-state index in [1.54, 1.807) is 12.2 Å². The van der Waals surface area contributed by atoms with Gasteiger partial charge in [-0.15, -0.1) is 0 Å². The number of quaternary nitrogens is 1. The molecule has 0 spiro atoms. The van der Waals surface area contributed by atoms with Gasteiger partial charge in [-0.3, -0.25) is 9.36 Å². The summed E-state index contributed by atoms with van der Waals surface area (Å²) in [6.07, 6.45) is 46.6. The number of aliphatic hydroxyl groups excluding tert-OH is 2. The van der Waals surface area contributed by atoms with E-state index < -0.39 is 32.7 Å². The molecule has 0 aromatic rings. The van der Waals surface area contributed by atoms with Crippen LogP contribution in [0.25, 0.3) is 0 Å². The standard InChI is InChI=1S/C46H81N2O7P/c1-6-8-10-12-14-16-18-20-22-24-26-28-30-34-38-45(50)44(42-55-56(52,53)54-41-40-48(3,4)5)47-46(51)39-35-31-33-37-43(49)36-32-29-27-25-23-21-19-17-15-13-11-9-7-2/h9,11,15,17,21,23,27,29,31-34,36,38,43-45,49-50H,6-8,10,12-14,16,18-20,22,24-26,28,30,35,37,39-42H2,1-5H3,(H-,47,51,52,53)/b11-9-,17-15-,23-21-,29-27-,33-31-,36-32-,38-34+/t43?,44-,45+/m0/s1. The lowest BCUT2D eigenvalue weighted by Crippen LogP contribution is -2.45. The molecule has 0 aromatic heterocycles. The molecule has 322 valence electrons. The number of unbranched alkanes of at least 4 members (excludes halogenated alkanes) is 12. The minimum Gasteiger partial charge on any atom is -0.756 e. The van der Waals surface area contributed by atoms with Gasteiger partial charge in [0.2, 0.25) is 5.91 Å². The molecule has 0 heterocycles. The fourth-order valence-corrected chi connectivity index (χ4v) is 6.22. The van der Waals surface area contributed by atoms with Crippen molar-refractivity contribution in [2.24, 2.45) is 0 Å². The highest BCUT2D eigenvalue weighted by molar-refractivity contribution is 7.45. The van der Waals surface area contributed by atoms with E-state index in [-0.39, 0.29) is 18.9 Å². The van der Waals surface area contributed by atoms with Gasteiger partial charge in [-0.25, -0.2) is 0 Å². The van der Waals surface area contributed by atoms with Crippen molar-refractivity contribution in [3.63, 3.8) is 0 Å². The van der Waals surface area contributed by atoms with Gasteiger partial charge in [0, 0.05) is 6.42 Å². The molecule has 0 saturated carbocycles. The monoisotopic (exact) mass is 805 g/mol. The molecular formula is C46H81N2O7P. The number of allylic oxidation sites excluding steroid dienone is 11. The average molecular weight is 805 g/mol. The first-order valence-electron chi connectivity index (χ1n) is 21.6. The highest BCUT2D eigenvalue weighted by atomic mass is 31.2. The fraction of sp³-hybridized carbons (Fsp3) is 0.674. The van der Waals surface area contributed by atoms with Crippen LogP contribution in [0.4, 0.5) is 0 Å². The molecule has 0 aliphatic carbocycles. The number of phosphoric acid groups is 1. The smallest absolute Gasteiger partial charge is 0.268 e. The van der Waals surface area contributed by atoms with Crippen molar-refractivity contribution in [1.29, 1.82) is 0 Å². The Labute approximate surface area is 342 Å². The van der Waals surface area contributed by atoms with Crippen LogP contribution in [0.3, 0.4) is 0 Å². The number of aliphatic hydroxyl groups is 2. The molecule has 4 atom stereocenters. The highest BCUT2D eigenvalue weighted by Gasteiger charge is 2.23. The number of carbonyl (C=O) groups is 1. The maximum atomic E-state index is 12.8. The molecule has 0 fully saturated rings. The molecule has 0 aliphatic rings. The predicted molar refractivity (Wildman–Crippen MR) is 234 cm³/mol. The Balaban J connectivity index is 4.71. The zero-order valence-corrected chi connectivity index (χ0v) is 36.8. The Morgan fingerprint density at radius 1 is 0.696 bits per heavy atom. The SMILES string of the molecule is CC/C=C\C/C=C\C/C=C\C/C=C\C=C/C(O)C/C=C\CCC(=O)N[C@@H](COP(=O)([O-])OCC[N+](C)(C)C)[C@H](O)/C=C/CCCCCCCCCCCCCC. The molecule has 0 rings (SSSR count). The fourth-order valence-electron chi connectivity index (χ4n) is 5.49. The maximum Gasteiger partial charge on any atom is 0.268 e. The predicted octanol–water partition coefficient (Wildman–Crippen LogP) is 10.1. The van der Waals surface area contributed by atoms with Crippen LogP contribution in [0, 0.1) is 0 Å². The average Bonchev–Trinajstić information content (AvgIpc) is 3.14. The molecule has 0 radical (unpaired) electrons. The van der Waals surface area contributed by atoms with E-state index in [2.05, 4.69) is 55.6 Å². The number of amides is 1. The Morgan fingerprint density at radius 2 is 1.27 bits per heavy atom. The summed E-state index contributed by atoms with van der Waals surface area (Å²) in [7, 11) is 1.14. The van der Waals surface area contributed by atoms with Crippen LogP contribution in [0.2, 0.25) is 0 Å². The van der Waals surface area contributed by atoms with E-state index in [9.17, 15) is 24.5 Å². The van der Waals surface area contributed by atoms with Gasteiger partial charge in [0.05, 0.1) is 46.0 Å².